The summed E-state index contributed by atoms with van der Waals surface area (Å²) in [7, 11) is 0. The zero-order valence-corrected chi connectivity index (χ0v) is 10.4. The molecular weight excluding hydrogens is 218 g/mol. The van der Waals surface area contributed by atoms with Gasteiger partial charge in [-0.1, -0.05) is 6.92 Å². The summed E-state index contributed by atoms with van der Waals surface area (Å²) < 4.78 is 0. The molecule has 0 radical (unpaired) electrons. The quantitative estimate of drug-likeness (QED) is 0.718. The molecule has 0 spiro atoms. The van der Waals surface area contributed by atoms with Gasteiger partial charge in [-0.05, 0) is 18.8 Å². The van der Waals surface area contributed by atoms with Gasteiger partial charge in [-0.3, -0.25) is 9.59 Å². The van der Waals surface area contributed by atoms with Crippen molar-refractivity contribution in [3.8, 4) is 0 Å². The Morgan fingerprint density at radius 3 is 3.00 bits per heavy atom. The molecule has 2 aliphatic rings. The number of likely N-dealkylation sites (tertiary alicyclic amines) is 1. The van der Waals surface area contributed by atoms with E-state index in [1.165, 1.54) is 6.42 Å². The minimum absolute atomic E-state index is 0.0367. The lowest BCUT2D eigenvalue weighted by molar-refractivity contribution is -0.142. The third kappa shape index (κ3) is 3.19. The Morgan fingerprint density at radius 1 is 1.47 bits per heavy atom. The number of carbonyl (C=O) groups is 2. The third-order valence-corrected chi connectivity index (χ3v) is 3.52. The van der Waals surface area contributed by atoms with E-state index in [2.05, 4.69) is 12.2 Å². The zero-order valence-electron chi connectivity index (χ0n) is 10.4. The summed E-state index contributed by atoms with van der Waals surface area (Å²) in [5.41, 5.74) is 0. The Kier molecular flexibility index (Phi) is 3.99. The summed E-state index contributed by atoms with van der Waals surface area (Å²) in [6.07, 6.45) is 2.29. The van der Waals surface area contributed by atoms with Gasteiger partial charge in [0.25, 0.3) is 0 Å². The summed E-state index contributed by atoms with van der Waals surface area (Å²) in [6.45, 7) is 5.93. The lowest BCUT2D eigenvalue weighted by Crippen LogP contribution is -2.52. The molecule has 2 saturated heterocycles. The predicted molar refractivity (Wildman–Crippen MR) is 64.4 cm³/mol. The Hall–Kier alpha value is -1.10. The lowest BCUT2D eigenvalue weighted by Gasteiger charge is -2.34. The molecule has 0 aromatic carbocycles. The number of hydrogen-bond acceptors (Lipinski definition) is 3. The summed E-state index contributed by atoms with van der Waals surface area (Å²) >= 11 is 0. The second-order valence-electron chi connectivity index (χ2n) is 5.08. The number of piperazine rings is 1. The zero-order chi connectivity index (χ0) is 12.3. The van der Waals surface area contributed by atoms with Gasteiger partial charge in [0.15, 0.2) is 0 Å². The third-order valence-electron chi connectivity index (χ3n) is 3.52. The maximum Gasteiger partial charge on any atom is 0.242 e. The maximum atomic E-state index is 12.1. The molecule has 2 amide bonds. The smallest absolute Gasteiger partial charge is 0.242 e. The van der Waals surface area contributed by atoms with Crippen molar-refractivity contribution >= 4 is 11.8 Å². The van der Waals surface area contributed by atoms with Gasteiger partial charge in [-0.2, -0.15) is 0 Å². The van der Waals surface area contributed by atoms with Crippen LogP contribution in [0.1, 0.15) is 19.8 Å². The van der Waals surface area contributed by atoms with E-state index in [0.29, 0.717) is 19.0 Å². The van der Waals surface area contributed by atoms with Crippen LogP contribution in [0.5, 0.6) is 0 Å². The highest BCUT2D eigenvalue weighted by atomic mass is 16.2. The van der Waals surface area contributed by atoms with E-state index in [-0.39, 0.29) is 18.4 Å². The van der Waals surface area contributed by atoms with Crippen LogP contribution < -0.4 is 5.32 Å². The first-order valence-electron chi connectivity index (χ1n) is 6.43. The van der Waals surface area contributed by atoms with E-state index >= 15 is 0 Å². The second kappa shape index (κ2) is 5.49. The standard InChI is InChI=1S/C12H21N3O2/c1-10-3-2-5-14(8-10)12(17)9-15-6-4-13-7-11(15)16/h10,13H,2-9H2,1H3/t10-/m1/s1. The molecule has 17 heavy (non-hydrogen) atoms. The van der Waals surface area contributed by atoms with Crippen LogP contribution in [-0.2, 0) is 9.59 Å². The molecule has 5 nitrogen and oxygen atoms in total. The van der Waals surface area contributed by atoms with Gasteiger partial charge in [0.1, 0.15) is 0 Å². The number of amides is 2. The molecule has 96 valence electrons. The van der Waals surface area contributed by atoms with Gasteiger partial charge >= 0.3 is 0 Å². The van der Waals surface area contributed by atoms with Crippen molar-refractivity contribution in [1.82, 2.24) is 15.1 Å². The lowest BCUT2D eigenvalue weighted by atomic mass is 10.0. The van der Waals surface area contributed by atoms with Gasteiger partial charge in [0, 0.05) is 26.2 Å². The van der Waals surface area contributed by atoms with Crippen LogP contribution in [0.25, 0.3) is 0 Å². The van der Waals surface area contributed by atoms with Crippen LogP contribution in [0.2, 0.25) is 0 Å². The molecule has 2 fully saturated rings. The molecule has 0 aliphatic carbocycles. The van der Waals surface area contributed by atoms with Crippen molar-refractivity contribution in [3.63, 3.8) is 0 Å². The van der Waals surface area contributed by atoms with Crippen molar-refractivity contribution in [2.24, 2.45) is 5.92 Å². The van der Waals surface area contributed by atoms with Gasteiger partial charge in [-0.25, -0.2) is 0 Å². The van der Waals surface area contributed by atoms with Crippen LogP contribution >= 0.6 is 0 Å². The first kappa shape index (κ1) is 12.4. The number of rotatable bonds is 2. The fraction of sp³-hybridized carbons (Fsp3) is 0.833. The van der Waals surface area contributed by atoms with Crippen LogP contribution in [0.4, 0.5) is 0 Å². The van der Waals surface area contributed by atoms with Crippen molar-refractivity contribution in [3.05, 3.63) is 0 Å². The number of piperidine rings is 1. The molecule has 0 saturated carbocycles. The molecule has 2 aliphatic heterocycles. The summed E-state index contributed by atoms with van der Waals surface area (Å²) in [5.74, 6) is 0.730. The monoisotopic (exact) mass is 239 g/mol. The molecule has 0 aromatic heterocycles. The minimum Gasteiger partial charge on any atom is -0.341 e. The fourth-order valence-electron chi connectivity index (χ4n) is 2.49. The number of nitrogens with zero attached hydrogens (tertiary/aromatic N) is 2. The summed E-state index contributed by atoms with van der Waals surface area (Å²) in [4.78, 5) is 27.2. The highest BCUT2D eigenvalue weighted by Gasteiger charge is 2.25. The van der Waals surface area contributed by atoms with E-state index in [4.69, 9.17) is 0 Å². The normalized spacial score (nSPS) is 26.2. The molecule has 5 heteroatoms. The largest absolute Gasteiger partial charge is 0.341 e. The summed E-state index contributed by atoms with van der Waals surface area (Å²) in [5, 5.41) is 3.01. The topological polar surface area (TPSA) is 52.7 Å². The van der Waals surface area contributed by atoms with E-state index < -0.39 is 0 Å². The first-order chi connectivity index (χ1) is 8.16. The van der Waals surface area contributed by atoms with Gasteiger partial charge in [-0.15, -0.1) is 0 Å². The molecule has 1 atom stereocenters. The number of carbonyl (C=O) groups excluding carboxylic acids is 2. The Bertz CT molecular complexity index is 306. The van der Waals surface area contributed by atoms with Gasteiger partial charge < -0.3 is 15.1 Å². The first-order valence-corrected chi connectivity index (χ1v) is 6.43. The highest BCUT2D eigenvalue weighted by Crippen LogP contribution is 2.15. The Morgan fingerprint density at radius 2 is 2.29 bits per heavy atom. The predicted octanol–water partition coefficient (Wildman–Crippen LogP) is -0.323. The Balaban J connectivity index is 1.85. The Labute approximate surface area is 102 Å². The maximum absolute atomic E-state index is 12.1. The summed E-state index contributed by atoms with van der Waals surface area (Å²) in [6, 6.07) is 0. The van der Waals surface area contributed by atoms with E-state index in [9.17, 15) is 9.59 Å². The van der Waals surface area contributed by atoms with Crippen LogP contribution in [-0.4, -0.2) is 60.9 Å². The van der Waals surface area contributed by atoms with Crippen molar-refractivity contribution < 1.29 is 9.59 Å². The van der Waals surface area contributed by atoms with Gasteiger partial charge in [0.05, 0.1) is 13.1 Å². The van der Waals surface area contributed by atoms with Crippen LogP contribution in [0, 0.1) is 5.92 Å². The van der Waals surface area contributed by atoms with Crippen molar-refractivity contribution in [2.75, 3.05) is 39.3 Å². The molecule has 0 bridgehead atoms. The van der Waals surface area contributed by atoms with Gasteiger partial charge in [0.2, 0.25) is 11.8 Å². The minimum atomic E-state index is 0.0367. The average Bonchev–Trinajstić information content (AvgIpc) is 2.32. The van der Waals surface area contributed by atoms with E-state index in [1.807, 2.05) is 4.90 Å². The molecule has 0 aromatic rings. The molecule has 2 heterocycles. The second-order valence-corrected chi connectivity index (χ2v) is 5.08. The van der Waals surface area contributed by atoms with Crippen LogP contribution in [0.15, 0.2) is 0 Å². The van der Waals surface area contributed by atoms with E-state index in [0.717, 1.165) is 26.1 Å². The average molecular weight is 239 g/mol. The molecule has 0 unspecified atom stereocenters. The van der Waals surface area contributed by atoms with Crippen molar-refractivity contribution in [2.45, 2.75) is 19.8 Å². The highest BCUT2D eigenvalue weighted by molar-refractivity contribution is 5.86. The molecule has 1 N–H and O–H groups in total. The number of nitrogens with one attached hydrogen (secondary N) is 1. The molecule has 2 rings (SSSR count). The van der Waals surface area contributed by atoms with Crippen molar-refractivity contribution in [1.29, 1.82) is 0 Å². The van der Waals surface area contributed by atoms with E-state index in [1.54, 1.807) is 4.90 Å². The fourth-order valence-corrected chi connectivity index (χ4v) is 2.49. The van der Waals surface area contributed by atoms with Crippen LogP contribution in [0.3, 0.4) is 0 Å². The molecular formula is C12H21N3O2. The SMILES string of the molecule is C[C@@H]1CCCN(C(=O)CN2CCNCC2=O)C1. The number of hydrogen-bond donors (Lipinski definition) is 1.